The zero-order chi connectivity index (χ0) is 13.0. The highest BCUT2D eigenvalue weighted by atomic mass is 16.5. The van der Waals surface area contributed by atoms with Crippen molar-refractivity contribution in [2.75, 3.05) is 32.5 Å². The first-order valence-corrected chi connectivity index (χ1v) is 6.10. The van der Waals surface area contributed by atoms with Gasteiger partial charge in [0.25, 0.3) is 0 Å². The number of ether oxygens (including phenoxy) is 1. The van der Waals surface area contributed by atoms with E-state index in [1.807, 2.05) is 32.2 Å². The van der Waals surface area contributed by atoms with E-state index in [-0.39, 0.29) is 0 Å². The number of hydrogen-bond acceptors (Lipinski definition) is 5. The second kappa shape index (κ2) is 5.84. The Morgan fingerprint density at radius 1 is 1.44 bits per heavy atom. The molecule has 2 N–H and O–H groups in total. The summed E-state index contributed by atoms with van der Waals surface area (Å²) in [6.07, 6.45) is 0. The van der Waals surface area contributed by atoms with Crippen molar-refractivity contribution in [1.29, 1.82) is 0 Å². The second-order valence-electron chi connectivity index (χ2n) is 4.27. The van der Waals surface area contributed by atoms with Crippen LogP contribution in [0.1, 0.15) is 12.8 Å². The van der Waals surface area contributed by atoms with Gasteiger partial charge >= 0.3 is 0 Å². The Balaban J connectivity index is 1.98. The number of likely N-dealkylation sites (N-methyl/N-ethyl adjacent to an activating group) is 1. The first-order valence-electron chi connectivity index (χ1n) is 6.10. The van der Waals surface area contributed by atoms with E-state index in [9.17, 15) is 0 Å². The van der Waals surface area contributed by atoms with Gasteiger partial charge in [-0.2, -0.15) is 0 Å². The number of rotatable bonds is 6. The SMILES string of the molecule is CCOCCN(C)Cc1nc2cc(N)ccc2o1. The van der Waals surface area contributed by atoms with Crippen LogP contribution in [0.15, 0.2) is 22.6 Å². The summed E-state index contributed by atoms with van der Waals surface area (Å²) >= 11 is 0. The minimum atomic E-state index is 0.668. The molecule has 0 amide bonds. The number of benzene rings is 1. The molecule has 0 bridgehead atoms. The molecular formula is C13H19N3O2. The molecule has 5 nitrogen and oxygen atoms in total. The lowest BCUT2D eigenvalue weighted by atomic mass is 10.3. The smallest absolute Gasteiger partial charge is 0.209 e. The van der Waals surface area contributed by atoms with Gasteiger partial charge in [-0.05, 0) is 32.2 Å². The third-order valence-corrected chi connectivity index (χ3v) is 2.68. The summed E-state index contributed by atoms with van der Waals surface area (Å²) in [6, 6.07) is 5.49. The highest BCUT2D eigenvalue weighted by molar-refractivity contribution is 5.76. The molecule has 0 spiro atoms. The van der Waals surface area contributed by atoms with Crippen LogP contribution < -0.4 is 5.73 Å². The first kappa shape index (κ1) is 12.9. The summed E-state index contributed by atoms with van der Waals surface area (Å²) in [6.45, 7) is 4.98. The molecular weight excluding hydrogens is 230 g/mol. The molecule has 0 radical (unpaired) electrons. The Hall–Kier alpha value is -1.59. The Morgan fingerprint density at radius 3 is 3.06 bits per heavy atom. The quantitative estimate of drug-likeness (QED) is 0.625. The summed E-state index contributed by atoms with van der Waals surface area (Å²) < 4.78 is 11.0. The van der Waals surface area contributed by atoms with Crippen molar-refractivity contribution in [3.63, 3.8) is 0 Å². The second-order valence-corrected chi connectivity index (χ2v) is 4.27. The van der Waals surface area contributed by atoms with Crippen molar-refractivity contribution in [2.45, 2.75) is 13.5 Å². The van der Waals surface area contributed by atoms with Gasteiger partial charge < -0.3 is 14.9 Å². The fraction of sp³-hybridized carbons (Fsp3) is 0.462. The minimum absolute atomic E-state index is 0.668. The summed E-state index contributed by atoms with van der Waals surface area (Å²) in [5.74, 6) is 0.703. The van der Waals surface area contributed by atoms with Crippen LogP contribution in [0.3, 0.4) is 0 Å². The molecule has 0 unspecified atom stereocenters. The number of oxazole rings is 1. The normalized spacial score (nSPS) is 11.5. The van der Waals surface area contributed by atoms with Gasteiger partial charge in [-0.15, -0.1) is 0 Å². The van der Waals surface area contributed by atoms with Crippen LogP contribution in [-0.4, -0.2) is 36.7 Å². The van der Waals surface area contributed by atoms with E-state index in [0.29, 0.717) is 18.1 Å². The van der Waals surface area contributed by atoms with Gasteiger partial charge in [-0.25, -0.2) is 4.98 Å². The topological polar surface area (TPSA) is 64.5 Å². The fourth-order valence-electron chi connectivity index (χ4n) is 1.73. The van der Waals surface area contributed by atoms with Crippen molar-refractivity contribution < 1.29 is 9.15 Å². The van der Waals surface area contributed by atoms with E-state index in [0.717, 1.165) is 30.9 Å². The molecule has 2 rings (SSSR count). The van der Waals surface area contributed by atoms with Crippen molar-refractivity contribution in [3.8, 4) is 0 Å². The van der Waals surface area contributed by atoms with Crippen LogP contribution in [0.5, 0.6) is 0 Å². The van der Waals surface area contributed by atoms with Gasteiger partial charge in [-0.3, -0.25) is 4.90 Å². The molecule has 5 heteroatoms. The van der Waals surface area contributed by atoms with Crippen LogP contribution in [0.4, 0.5) is 5.69 Å². The molecule has 0 aliphatic rings. The minimum Gasteiger partial charge on any atom is -0.439 e. The number of fused-ring (bicyclic) bond motifs is 1. The van der Waals surface area contributed by atoms with Gasteiger partial charge in [0.2, 0.25) is 5.89 Å². The summed E-state index contributed by atoms with van der Waals surface area (Å²) in [4.78, 5) is 6.53. The molecule has 1 heterocycles. The van der Waals surface area contributed by atoms with Gasteiger partial charge in [0, 0.05) is 18.8 Å². The van der Waals surface area contributed by atoms with E-state index in [2.05, 4.69) is 9.88 Å². The molecule has 18 heavy (non-hydrogen) atoms. The fourth-order valence-corrected chi connectivity index (χ4v) is 1.73. The van der Waals surface area contributed by atoms with Gasteiger partial charge in [0.15, 0.2) is 5.58 Å². The Kier molecular flexibility index (Phi) is 4.17. The summed E-state index contributed by atoms with van der Waals surface area (Å²) in [7, 11) is 2.02. The zero-order valence-electron chi connectivity index (χ0n) is 10.8. The average molecular weight is 249 g/mol. The maximum atomic E-state index is 5.71. The molecule has 0 saturated heterocycles. The van der Waals surface area contributed by atoms with E-state index < -0.39 is 0 Å². The van der Waals surface area contributed by atoms with Crippen LogP contribution in [-0.2, 0) is 11.3 Å². The third kappa shape index (κ3) is 3.21. The largest absolute Gasteiger partial charge is 0.439 e. The van der Waals surface area contributed by atoms with Crippen molar-refractivity contribution >= 4 is 16.8 Å². The molecule has 0 aliphatic heterocycles. The summed E-state index contributed by atoms with van der Waals surface area (Å²) in [5, 5.41) is 0. The molecule has 0 aliphatic carbocycles. The highest BCUT2D eigenvalue weighted by Crippen LogP contribution is 2.18. The first-order chi connectivity index (χ1) is 8.69. The standard InChI is InChI=1S/C13H19N3O2/c1-3-17-7-6-16(2)9-13-15-11-8-10(14)4-5-12(11)18-13/h4-5,8H,3,6-7,9,14H2,1-2H3. The lowest BCUT2D eigenvalue weighted by Crippen LogP contribution is -2.22. The van der Waals surface area contributed by atoms with Gasteiger partial charge in [-0.1, -0.05) is 0 Å². The molecule has 0 fully saturated rings. The van der Waals surface area contributed by atoms with E-state index in [4.69, 9.17) is 14.9 Å². The molecule has 0 atom stereocenters. The number of nitrogens with zero attached hydrogens (tertiary/aromatic N) is 2. The molecule has 1 aromatic heterocycles. The van der Waals surface area contributed by atoms with E-state index in [1.54, 1.807) is 0 Å². The maximum absolute atomic E-state index is 5.71. The summed E-state index contributed by atoms with van der Waals surface area (Å²) in [5.41, 5.74) is 7.99. The Morgan fingerprint density at radius 2 is 2.28 bits per heavy atom. The number of aromatic nitrogens is 1. The van der Waals surface area contributed by atoms with E-state index in [1.165, 1.54) is 0 Å². The van der Waals surface area contributed by atoms with Crippen molar-refractivity contribution in [1.82, 2.24) is 9.88 Å². The molecule has 2 aromatic rings. The molecule has 98 valence electrons. The highest BCUT2D eigenvalue weighted by Gasteiger charge is 2.08. The van der Waals surface area contributed by atoms with Crippen LogP contribution in [0, 0.1) is 0 Å². The average Bonchev–Trinajstić information content (AvgIpc) is 2.70. The molecule has 1 aromatic carbocycles. The van der Waals surface area contributed by atoms with Gasteiger partial charge in [0.1, 0.15) is 5.52 Å². The lowest BCUT2D eigenvalue weighted by molar-refractivity contribution is 0.117. The predicted octanol–water partition coefficient (Wildman–Crippen LogP) is 1.88. The zero-order valence-corrected chi connectivity index (χ0v) is 10.8. The van der Waals surface area contributed by atoms with Crippen molar-refractivity contribution in [2.24, 2.45) is 0 Å². The number of anilines is 1. The van der Waals surface area contributed by atoms with Crippen LogP contribution >= 0.6 is 0 Å². The van der Waals surface area contributed by atoms with E-state index >= 15 is 0 Å². The van der Waals surface area contributed by atoms with Crippen LogP contribution in [0.25, 0.3) is 11.1 Å². The maximum Gasteiger partial charge on any atom is 0.209 e. The number of nitrogen functional groups attached to an aromatic ring is 1. The predicted molar refractivity (Wildman–Crippen MR) is 71.2 cm³/mol. The van der Waals surface area contributed by atoms with Gasteiger partial charge in [0.05, 0.1) is 13.2 Å². The molecule has 0 saturated carbocycles. The Bertz CT molecular complexity index is 510. The monoisotopic (exact) mass is 249 g/mol. The van der Waals surface area contributed by atoms with Crippen molar-refractivity contribution in [3.05, 3.63) is 24.1 Å². The Labute approximate surface area is 107 Å². The third-order valence-electron chi connectivity index (χ3n) is 2.68. The number of hydrogen-bond donors (Lipinski definition) is 1. The van der Waals surface area contributed by atoms with Crippen LogP contribution in [0.2, 0.25) is 0 Å². The lowest BCUT2D eigenvalue weighted by Gasteiger charge is -2.13. The number of nitrogens with two attached hydrogens (primary N) is 1.